The van der Waals surface area contributed by atoms with E-state index in [9.17, 15) is 18.0 Å². The molecule has 4 rings (SSSR count). The van der Waals surface area contributed by atoms with Gasteiger partial charge in [-0.3, -0.25) is 14.5 Å². The van der Waals surface area contributed by atoms with E-state index in [2.05, 4.69) is 10.0 Å². The lowest BCUT2D eigenvalue weighted by Gasteiger charge is -2.40. The highest BCUT2D eigenvalue weighted by molar-refractivity contribution is 7.92. The van der Waals surface area contributed by atoms with Gasteiger partial charge in [0.15, 0.2) is 0 Å². The summed E-state index contributed by atoms with van der Waals surface area (Å²) in [6.45, 7) is 3.63. The number of sulfonamides is 1. The molecule has 2 N–H and O–H groups in total. The monoisotopic (exact) mass is 502 g/mol. The van der Waals surface area contributed by atoms with E-state index in [-0.39, 0.29) is 18.7 Å². The van der Waals surface area contributed by atoms with Crippen LogP contribution >= 0.6 is 0 Å². The first-order chi connectivity index (χ1) is 16.7. The Kier molecular flexibility index (Phi) is 7.18. The highest BCUT2D eigenvalue weighted by Gasteiger charge is 2.37. The number of benzene rings is 2. The molecule has 2 heterocycles. The fourth-order valence-electron chi connectivity index (χ4n) is 4.43. The first-order valence-corrected chi connectivity index (χ1v) is 13.3. The molecule has 10 nitrogen and oxygen atoms in total. The van der Waals surface area contributed by atoms with Gasteiger partial charge in [0, 0.05) is 12.2 Å². The third kappa shape index (κ3) is 5.68. The van der Waals surface area contributed by atoms with Gasteiger partial charge in [-0.15, -0.1) is 0 Å². The van der Waals surface area contributed by atoms with Crippen molar-refractivity contribution in [2.45, 2.75) is 31.9 Å². The van der Waals surface area contributed by atoms with Gasteiger partial charge in [0.25, 0.3) is 0 Å². The molecule has 0 aromatic heterocycles. The minimum atomic E-state index is -3.38. The van der Waals surface area contributed by atoms with Crippen LogP contribution in [0.5, 0.6) is 0 Å². The number of carbonyl (C=O) groups excluding carboxylic acids is 2. The molecule has 0 bridgehead atoms. The Bertz CT molecular complexity index is 1190. The molecule has 0 aliphatic carbocycles. The zero-order valence-electron chi connectivity index (χ0n) is 20.0. The summed E-state index contributed by atoms with van der Waals surface area (Å²) >= 11 is 0. The summed E-state index contributed by atoms with van der Waals surface area (Å²) in [6, 6.07) is 12.0. The molecule has 0 radical (unpaired) electrons. The second kappa shape index (κ2) is 10.1. The van der Waals surface area contributed by atoms with Crippen LogP contribution in [-0.4, -0.2) is 65.7 Å². The van der Waals surface area contributed by atoms with Crippen LogP contribution in [0.2, 0.25) is 0 Å². The molecule has 2 aromatic carbocycles. The van der Waals surface area contributed by atoms with E-state index in [4.69, 9.17) is 9.47 Å². The number of carbonyl (C=O) groups is 2. The van der Waals surface area contributed by atoms with Crippen molar-refractivity contribution in [3.05, 3.63) is 42.5 Å². The molecule has 1 saturated heterocycles. The van der Waals surface area contributed by atoms with Crippen LogP contribution in [0.15, 0.2) is 42.5 Å². The highest BCUT2D eigenvalue weighted by atomic mass is 32.2. The summed E-state index contributed by atoms with van der Waals surface area (Å²) in [4.78, 5) is 28.9. The van der Waals surface area contributed by atoms with Crippen LogP contribution in [0.4, 0.5) is 26.7 Å². The Morgan fingerprint density at radius 3 is 2.40 bits per heavy atom. The zero-order chi connectivity index (χ0) is 25.2. The fraction of sp³-hybridized carbons (Fsp3) is 0.417. The number of nitrogens with one attached hydrogen (secondary N) is 2. The van der Waals surface area contributed by atoms with E-state index in [0.717, 1.165) is 36.8 Å². The molecule has 2 amide bonds. The summed E-state index contributed by atoms with van der Waals surface area (Å²) in [7, 11) is -2.05. The van der Waals surface area contributed by atoms with E-state index < -0.39 is 22.2 Å². The maximum Gasteiger partial charge on any atom is 0.414 e. The van der Waals surface area contributed by atoms with Crippen LogP contribution in [0, 0.1) is 0 Å². The van der Waals surface area contributed by atoms with Gasteiger partial charge in [0.1, 0.15) is 6.10 Å². The predicted octanol–water partition coefficient (Wildman–Crippen LogP) is 3.40. The largest absolute Gasteiger partial charge is 0.452 e. The molecule has 35 heavy (non-hydrogen) atoms. The number of piperidine rings is 1. The molecule has 1 fully saturated rings. The Balaban J connectivity index is 1.68. The van der Waals surface area contributed by atoms with Crippen molar-refractivity contribution in [2.24, 2.45) is 0 Å². The molecule has 0 spiro atoms. The van der Waals surface area contributed by atoms with Crippen molar-refractivity contribution in [1.82, 2.24) is 5.32 Å². The van der Waals surface area contributed by atoms with Crippen LogP contribution in [0.25, 0.3) is 11.1 Å². The van der Waals surface area contributed by atoms with Gasteiger partial charge in [-0.1, -0.05) is 18.2 Å². The molecule has 0 saturated carbocycles. The van der Waals surface area contributed by atoms with Crippen molar-refractivity contribution in [3.8, 4) is 11.1 Å². The average Bonchev–Trinajstić information content (AvgIpc) is 2.83. The molecule has 2 atom stereocenters. The number of fused-ring (bicyclic) bond motifs is 1. The topological polar surface area (TPSA) is 117 Å². The first-order valence-electron chi connectivity index (χ1n) is 11.4. The predicted molar refractivity (Wildman–Crippen MR) is 134 cm³/mol. The second-order valence-electron chi connectivity index (χ2n) is 8.81. The van der Waals surface area contributed by atoms with Crippen LogP contribution in [0.1, 0.15) is 19.8 Å². The number of methoxy groups -OCH3 is 1. The van der Waals surface area contributed by atoms with Crippen molar-refractivity contribution in [3.63, 3.8) is 0 Å². The number of anilines is 3. The van der Waals surface area contributed by atoms with E-state index in [1.807, 2.05) is 19.1 Å². The van der Waals surface area contributed by atoms with Gasteiger partial charge >= 0.3 is 12.2 Å². The minimum Gasteiger partial charge on any atom is -0.452 e. The van der Waals surface area contributed by atoms with Crippen LogP contribution in [0.3, 0.4) is 0 Å². The highest BCUT2D eigenvalue weighted by Crippen LogP contribution is 2.39. The first kappa shape index (κ1) is 24.8. The second-order valence-corrected chi connectivity index (χ2v) is 10.6. The van der Waals surface area contributed by atoms with Crippen LogP contribution in [-0.2, 0) is 19.5 Å². The van der Waals surface area contributed by atoms with Gasteiger partial charge in [-0.25, -0.2) is 18.0 Å². The third-order valence-electron chi connectivity index (χ3n) is 6.05. The molecule has 2 aliphatic rings. The van der Waals surface area contributed by atoms with E-state index in [1.165, 1.54) is 12.0 Å². The van der Waals surface area contributed by atoms with Gasteiger partial charge in [0.2, 0.25) is 10.0 Å². The maximum absolute atomic E-state index is 13.2. The van der Waals surface area contributed by atoms with Crippen molar-refractivity contribution < 1.29 is 27.5 Å². The Labute approximate surface area is 205 Å². The van der Waals surface area contributed by atoms with Crippen LogP contribution < -0.4 is 19.8 Å². The van der Waals surface area contributed by atoms with Crippen molar-refractivity contribution >= 4 is 39.3 Å². The Morgan fingerprint density at radius 1 is 1.06 bits per heavy atom. The number of hydrogen-bond acceptors (Lipinski definition) is 7. The summed E-state index contributed by atoms with van der Waals surface area (Å²) in [5, 5.41) is 3.24. The van der Waals surface area contributed by atoms with Gasteiger partial charge < -0.3 is 14.8 Å². The smallest absolute Gasteiger partial charge is 0.414 e. The lowest BCUT2D eigenvalue weighted by Crippen LogP contribution is -2.53. The number of rotatable bonds is 4. The third-order valence-corrected chi connectivity index (χ3v) is 6.65. The Morgan fingerprint density at radius 2 is 1.77 bits per heavy atom. The van der Waals surface area contributed by atoms with E-state index in [1.54, 1.807) is 35.2 Å². The number of ether oxygens (including phenoxy) is 2. The molecular weight excluding hydrogens is 472 g/mol. The number of amides is 2. The quantitative estimate of drug-likeness (QED) is 0.658. The Hall–Kier alpha value is -3.31. The molecule has 188 valence electrons. The standard InChI is InChI=1S/C24H30N4O6S/c1-16-15-27(23(29)34-20-5-4-12-25-14-20)22-13-18(8-11-21(22)28(16)24(30)33-2)17-6-9-19(10-7-17)26-35(3,31)32/h6-11,13,16,20,25-26H,4-5,12,14-15H2,1-3H3. The normalized spacial score (nSPS) is 20.1. The number of nitrogens with zero attached hydrogens (tertiary/aromatic N) is 2. The molecule has 2 aliphatic heterocycles. The summed E-state index contributed by atoms with van der Waals surface area (Å²) in [5.74, 6) is 0. The summed E-state index contributed by atoms with van der Waals surface area (Å²) in [5.41, 5.74) is 3.16. The molecular formula is C24H30N4O6S. The van der Waals surface area contributed by atoms with Gasteiger partial charge in [-0.05, 0) is 61.7 Å². The maximum atomic E-state index is 13.2. The van der Waals surface area contributed by atoms with Gasteiger partial charge in [-0.2, -0.15) is 0 Å². The lowest BCUT2D eigenvalue weighted by molar-refractivity contribution is 0.0876. The summed E-state index contributed by atoms with van der Waals surface area (Å²) < 4.78 is 36.2. The zero-order valence-corrected chi connectivity index (χ0v) is 20.8. The van der Waals surface area contributed by atoms with Crippen molar-refractivity contribution in [1.29, 1.82) is 0 Å². The minimum absolute atomic E-state index is 0.202. The van der Waals surface area contributed by atoms with E-state index >= 15 is 0 Å². The van der Waals surface area contributed by atoms with Gasteiger partial charge in [0.05, 0.1) is 37.3 Å². The summed E-state index contributed by atoms with van der Waals surface area (Å²) in [6.07, 6.45) is 1.67. The van der Waals surface area contributed by atoms with Crippen molar-refractivity contribution in [2.75, 3.05) is 47.5 Å². The molecule has 11 heteroatoms. The SMILES string of the molecule is COC(=O)N1c2ccc(-c3ccc(NS(C)(=O)=O)cc3)cc2N(C(=O)OC2CCCNC2)CC1C. The molecule has 2 unspecified atom stereocenters. The average molecular weight is 503 g/mol. The number of hydrogen-bond donors (Lipinski definition) is 2. The van der Waals surface area contributed by atoms with E-state index in [0.29, 0.717) is 23.6 Å². The molecule has 2 aromatic rings. The fourth-order valence-corrected chi connectivity index (χ4v) is 4.99. The lowest BCUT2D eigenvalue weighted by atomic mass is 10.0.